The summed E-state index contributed by atoms with van der Waals surface area (Å²) in [6.07, 6.45) is 5.15. The number of rotatable bonds is 5. The largest absolute Gasteiger partial charge is 0.390 e. The number of amides is 1. The predicted molar refractivity (Wildman–Crippen MR) is 93.0 cm³/mol. The molecule has 0 spiro atoms. The van der Waals surface area contributed by atoms with Crippen LogP contribution in [0.1, 0.15) is 11.1 Å². The smallest absolute Gasteiger partial charge is 0.271 e. The van der Waals surface area contributed by atoms with Gasteiger partial charge >= 0.3 is 0 Å². The lowest BCUT2D eigenvalue weighted by Crippen LogP contribution is -2.43. The Morgan fingerprint density at radius 3 is 3.08 bits per heavy atom. The molecule has 0 aromatic heterocycles. The third-order valence-corrected chi connectivity index (χ3v) is 4.05. The highest BCUT2D eigenvalue weighted by molar-refractivity contribution is 6.43. The average molecular weight is 324 g/mol. The lowest BCUT2D eigenvalue weighted by Gasteiger charge is -2.30. The van der Waals surface area contributed by atoms with Gasteiger partial charge in [0.15, 0.2) is 5.71 Å². The lowest BCUT2D eigenvalue weighted by atomic mass is 10.00. The minimum absolute atomic E-state index is 0.182. The summed E-state index contributed by atoms with van der Waals surface area (Å²) >= 11 is 0. The van der Waals surface area contributed by atoms with Crippen LogP contribution >= 0.6 is 0 Å². The molecule has 1 aromatic carbocycles. The van der Waals surface area contributed by atoms with E-state index in [1.165, 1.54) is 11.1 Å². The molecule has 1 atom stereocenters. The number of aliphatic hydroxyl groups is 1. The molecule has 3 rings (SSSR count). The van der Waals surface area contributed by atoms with Gasteiger partial charge in [-0.2, -0.15) is 0 Å². The molecular weight excluding hydrogens is 304 g/mol. The van der Waals surface area contributed by atoms with Crippen molar-refractivity contribution in [3.05, 3.63) is 53.6 Å². The fourth-order valence-electron chi connectivity index (χ4n) is 2.83. The predicted octanol–water partition coefficient (Wildman–Crippen LogP) is 0.673. The van der Waals surface area contributed by atoms with E-state index >= 15 is 0 Å². The van der Waals surface area contributed by atoms with Gasteiger partial charge in [-0.1, -0.05) is 30.3 Å². The number of hydrogen-bond donors (Lipinski definition) is 2. The number of benzene rings is 1. The van der Waals surface area contributed by atoms with E-state index in [1.807, 2.05) is 6.07 Å². The molecular formula is C18H20N4O2. The first-order valence-corrected chi connectivity index (χ1v) is 8.01. The van der Waals surface area contributed by atoms with Crippen molar-refractivity contribution in [1.29, 1.82) is 0 Å². The molecule has 6 heteroatoms. The molecule has 0 bridgehead atoms. The van der Waals surface area contributed by atoms with Gasteiger partial charge in [0.25, 0.3) is 5.91 Å². The molecule has 1 aromatic rings. The van der Waals surface area contributed by atoms with E-state index in [1.54, 1.807) is 18.2 Å². The number of nitrogens with one attached hydrogen (secondary N) is 1. The normalized spacial score (nSPS) is 17.8. The van der Waals surface area contributed by atoms with E-state index in [-0.39, 0.29) is 18.2 Å². The van der Waals surface area contributed by atoms with Crippen LogP contribution in [0.2, 0.25) is 0 Å². The zero-order chi connectivity index (χ0) is 16.8. The maximum Gasteiger partial charge on any atom is 0.271 e. The molecule has 0 aliphatic carbocycles. The molecule has 124 valence electrons. The lowest BCUT2D eigenvalue weighted by molar-refractivity contribution is -0.115. The summed E-state index contributed by atoms with van der Waals surface area (Å²) in [7, 11) is 0. The third kappa shape index (κ3) is 4.26. The monoisotopic (exact) mass is 324 g/mol. The molecule has 0 saturated heterocycles. The Kier molecular flexibility index (Phi) is 5.33. The van der Waals surface area contributed by atoms with E-state index < -0.39 is 6.10 Å². The topological polar surface area (TPSA) is 77.3 Å². The summed E-state index contributed by atoms with van der Waals surface area (Å²) in [5, 5.41) is 20.2. The van der Waals surface area contributed by atoms with E-state index in [0.29, 0.717) is 6.54 Å². The van der Waals surface area contributed by atoms with Crippen molar-refractivity contribution < 1.29 is 9.90 Å². The summed E-state index contributed by atoms with van der Waals surface area (Å²) in [6.45, 7) is 2.45. The van der Waals surface area contributed by atoms with Crippen LogP contribution in [0.4, 0.5) is 0 Å². The Hall–Kier alpha value is -2.53. The summed E-state index contributed by atoms with van der Waals surface area (Å²) < 4.78 is 0. The number of nitrogens with zero attached hydrogens (tertiary/aromatic N) is 3. The van der Waals surface area contributed by atoms with Crippen molar-refractivity contribution in [1.82, 2.24) is 10.2 Å². The van der Waals surface area contributed by atoms with E-state index in [2.05, 4.69) is 44.5 Å². The number of fused-ring (bicyclic) bond motifs is 1. The third-order valence-electron chi connectivity index (χ3n) is 4.05. The number of β-amino-alcohol motifs (C(OH)–C–C–N with tert-alkyl or cyclic N) is 1. The summed E-state index contributed by atoms with van der Waals surface area (Å²) in [4.78, 5) is 14.2. The fourth-order valence-corrected chi connectivity index (χ4v) is 2.83. The number of carbonyl (C=O) groups excluding carboxylic acids is 1. The van der Waals surface area contributed by atoms with Crippen LogP contribution in [0.15, 0.2) is 52.7 Å². The van der Waals surface area contributed by atoms with Crippen LogP contribution < -0.4 is 5.32 Å². The SMILES string of the molecule is O=C(NC[C@H](O)CN1CCc2ccccc2C1)C1=NN=C=CC=C1. The highest BCUT2D eigenvalue weighted by atomic mass is 16.3. The van der Waals surface area contributed by atoms with Crippen LogP contribution in [0.3, 0.4) is 0 Å². The molecule has 2 aliphatic rings. The Morgan fingerprint density at radius 2 is 2.21 bits per heavy atom. The zero-order valence-electron chi connectivity index (χ0n) is 13.4. The molecule has 0 radical (unpaired) electrons. The van der Waals surface area contributed by atoms with Crippen molar-refractivity contribution in [2.75, 3.05) is 19.6 Å². The van der Waals surface area contributed by atoms with E-state index in [0.717, 1.165) is 19.5 Å². The van der Waals surface area contributed by atoms with Gasteiger partial charge in [0.1, 0.15) is 0 Å². The first-order chi connectivity index (χ1) is 11.7. The average Bonchev–Trinajstić information content (AvgIpc) is 2.89. The second kappa shape index (κ2) is 7.84. The molecule has 0 fully saturated rings. The van der Waals surface area contributed by atoms with Gasteiger partial charge in [-0.05, 0) is 23.6 Å². The molecule has 6 nitrogen and oxygen atoms in total. The van der Waals surface area contributed by atoms with Crippen molar-refractivity contribution in [2.45, 2.75) is 19.1 Å². The minimum Gasteiger partial charge on any atom is -0.390 e. The van der Waals surface area contributed by atoms with Crippen molar-refractivity contribution in [3.63, 3.8) is 0 Å². The standard InChI is InChI=1S/C18H20N4O2/c23-16(11-19-18(24)17-7-3-4-9-20-21-17)13-22-10-8-14-5-1-2-6-15(14)12-22/h1-7,16,23H,8,10-13H2,(H,19,24)/t16-/m0/s1. The summed E-state index contributed by atoms with van der Waals surface area (Å²) in [5.41, 5.74) is 2.89. The van der Waals surface area contributed by atoms with Gasteiger partial charge < -0.3 is 10.4 Å². The molecule has 1 amide bonds. The van der Waals surface area contributed by atoms with Gasteiger partial charge in [-0.25, -0.2) is 0 Å². The van der Waals surface area contributed by atoms with Gasteiger partial charge in [0, 0.05) is 38.1 Å². The van der Waals surface area contributed by atoms with Gasteiger partial charge in [0.05, 0.1) is 6.10 Å². The number of carbonyl (C=O) groups is 1. The quantitative estimate of drug-likeness (QED) is 0.836. The molecule has 2 N–H and O–H groups in total. The van der Waals surface area contributed by atoms with Crippen molar-refractivity contribution >= 4 is 17.5 Å². The van der Waals surface area contributed by atoms with E-state index in [9.17, 15) is 9.90 Å². The van der Waals surface area contributed by atoms with Crippen LogP contribution in [0.5, 0.6) is 0 Å². The van der Waals surface area contributed by atoms with Gasteiger partial charge in [-0.3, -0.25) is 9.69 Å². The molecule has 24 heavy (non-hydrogen) atoms. The first kappa shape index (κ1) is 16.3. The zero-order valence-corrected chi connectivity index (χ0v) is 13.4. The highest BCUT2D eigenvalue weighted by Crippen LogP contribution is 2.18. The van der Waals surface area contributed by atoms with Crippen LogP contribution in [-0.4, -0.2) is 53.2 Å². The van der Waals surface area contributed by atoms with E-state index in [4.69, 9.17) is 0 Å². The summed E-state index contributed by atoms with van der Waals surface area (Å²) in [5.74, 6) is 2.20. The number of aliphatic hydroxyl groups excluding tert-OH is 1. The number of hydrogen-bond acceptors (Lipinski definition) is 5. The Bertz CT molecular complexity index is 732. The second-order valence-corrected chi connectivity index (χ2v) is 5.86. The fraction of sp³-hybridized carbons (Fsp3) is 0.333. The Morgan fingerprint density at radius 1 is 1.38 bits per heavy atom. The maximum absolute atomic E-state index is 12.0. The number of allylic oxidation sites excluding steroid dienone is 2. The Labute approximate surface area is 140 Å². The summed E-state index contributed by atoms with van der Waals surface area (Å²) in [6, 6.07) is 8.38. The molecule has 0 saturated carbocycles. The van der Waals surface area contributed by atoms with Crippen LogP contribution in [0, 0.1) is 0 Å². The van der Waals surface area contributed by atoms with Crippen molar-refractivity contribution in [2.24, 2.45) is 10.2 Å². The highest BCUT2D eigenvalue weighted by Gasteiger charge is 2.19. The Balaban J connectivity index is 1.46. The van der Waals surface area contributed by atoms with Gasteiger partial charge in [0.2, 0.25) is 0 Å². The molecule has 2 aliphatic heterocycles. The van der Waals surface area contributed by atoms with Gasteiger partial charge in [-0.15, -0.1) is 10.2 Å². The maximum atomic E-state index is 12.0. The minimum atomic E-state index is -0.629. The second-order valence-electron chi connectivity index (χ2n) is 5.86. The van der Waals surface area contributed by atoms with Crippen LogP contribution in [0.25, 0.3) is 0 Å². The molecule has 2 heterocycles. The first-order valence-electron chi connectivity index (χ1n) is 8.01. The van der Waals surface area contributed by atoms with Crippen molar-refractivity contribution in [3.8, 4) is 0 Å². The molecule has 0 unspecified atom stereocenters. The van der Waals surface area contributed by atoms with Crippen LogP contribution in [-0.2, 0) is 17.8 Å².